The molecule has 0 aliphatic carbocycles. The number of hydrogen-bond donors (Lipinski definition) is 1. The van der Waals surface area contributed by atoms with E-state index in [9.17, 15) is 18.0 Å². The Morgan fingerprint density at radius 3 is 2.24 bits per heavy atom. The number of esters is 1. The Hall–Kier alpha value is -3.59. The second-order valence-corrected chi connectivity index (χ2v) is 11.0. The molecular weight excluding hydrogens is 504 g/mol. The van der Waals surface area contributed by atoms with Crippen molar-refractivity contribution in [3.8, 4) is 5.75 Å². The van der Waals surface area contributed by atoms with Gasteiger partial charge in [0, 0.05) is 17.7 Å². The fourth-order valence-electron chi connectivity index (χ4n) is 4.85. The number of rotatable bonds is 12. The molecule has 1 heterocycles. The van der Waals surface area contributed by atoms with Crippen molar-refractivity contribution in [1.82, 2.24) is 9.88 Å². The van der Waals surface area contributed by atoms with Crippen LogP contribution in [0.1, 0.15) is 60.9 Å². The highest BCUT2D eigenvalue weighted by Gasteiger charge is 2.35. The maximum atomic E-state index is 12.8. The van der Waals surface area contributed by atoms with E-state index in [0.29, 0.717) is 18.0 Å². The highest BCUT2D eigenvalue weighted by molar-refractivity contribution is 7.91. The molecule has 0 atom stereocenters. The molecule has 0 saturated heterocycles. The summed E-state index contributed by atoms with van der Waals surface area (Å²) in [6, 6.07) is 17.8. The molecule has 0 saturated carbocycles. The van der Waals surface area contributed by atoms with E-state index >= 15 is 0 Å². The van der Waals surface area contributed by atoms with Crippen LogP contribution in [0.4, 0.5) is 0 Å². The molecule has 0 bridgehead atoms. The fraction of sp³-hybridized carbons (Fsp3) is 0.379. The minimum atomic E-state index is -3.58. The van der Waals surface area contributed by atoms with Gasteiger partial charge in [-0.1, -0.05) is 44.2 Å². The van der Waals surface area contributed by atoms with Crippen molar-refractivity contribution in [2.75, 3.05) is 19.6 Å². The first-order valence-corrected chi connectivity index (χ1v) is 14.4. The number of methoxy groups -OCH3 is 1. The largest absolute Gasteiger partial charge is 0.477 e. The number of sulfone groups is 1. The summed E-state index contributed by atoms with van der Waals surface area (Å²) in [5.41, 5.74) is 2.94. The number of carbonyl (C=O) groups is 2. The van der Waals surface area contributed by atoms with Gasteiger partial charge in [-0.2, -0.15) is 0 Å². The first kappa shape index (κ1) is 29.0. The number of nitrogens with one attached hydrogen (secondary N) is 1. The number of benzene rings is 2. The van der Waals surface area contributed by atoms with E-state index in [0.717, 1.165) is 29.7 Å². The van der Waals surface area contributed by atoms with E-state index in [2.05, 4.69) is 23.9 Å². The molecule has 38 heavy (non-hydrogen) atoms. The van der Waals surface area contributed by atoms with Crippen LogP contribution in [-0.2, 0) is 31.3 Å². The second kappa shape index (κ2) is 12.3. The van der Waals surface area contributed by atoms with Gasteiger partial charge < -0.3 is 19.4 Å². The number of aromatic nitrogens is 1. The van der Waals surface area contributed by atoms with E-state index < -0.39 is 27.2 Å². The van der Waals surface area contributed by atoms with Crippen molar-refractivity contribution in [1.29, 1.82) is 0 Å². The summed E-state index contributed by atoms with van der Waals surface area (Å²) in [7, 11) is -2.31. The van der Waals surface area contributed by atoms with Gasteiger partial charge in [0.25, 0.3) is 5.91 Å². The Balaban J connectivity index is 1.91. The summed E-state index contributed by atoms with van der Waals surface area (Å²) in [6.45, 7) is 8.47. The molecule has 0 aliphatic rings. The minimum absolute atomic E-state index is 0.201. The fourth-order valence-corrected chi connectivity index (χ4v) is 5.84. The first-order valence-electron chi connectivity index (χ1n) is 12.7. The topological polar surface area (TPSA) is 104 Å². The third-order valence-corrected chi connectivity index (χ3v) is 8.47. The van der Waals surface area contributed by atoms with Crippen molar-refractivity contribution >= 4 is 21.7 Å². The quantitative estimate of drug-likeness (QED) is 0.336. The van der Waals surface area contributed by atoms with Gasteiger partial charge in [-0.3, -0.25) is 9.59 Å². The maximum Gasteiger partial charge on any atom is 0.325 e. The molecule has 0 aliphatic heterocycles. The molecule has 0 spiro atoms. The summed E-state index contributed by atoms with van der Waals surface area (Å²) >= 11 is 0. The van der Waals surface area contributed by atoms with Crippen LogP contribution in [0.2, 0.25) is 0 Å². The smallest absolute Gasteiger partial charge is 0.325 e. The van der Waals surface area contributed by atoms with Crippen LogP contribution in [0.15, 0.2) is 65.6 Å². The zero-order valence-corrected chi connectivity index (χ0v) is 23.4. The van der Waals surface area contributed by atoms with Crippen LogP contribution in [0.25, 0.3) is 0 Å². The molecule has 3 aromatic rings. The van der Waals surface area contributed by atoms with E-state index in [1.54, 1.807) is 36.4 Å². The summed E-state index contributed by atoms with van der Waals surface area (Å²) < 4.78 is 37.7. The normalized spacial score (nSPS) is 11.7. The molecule has 0 fully saturated rings. The standard InChI is InChI=1S/C29H36N2O6S/c1-6-29(7-2,26-17-15-24(31(26)8-3)28(33)30-19-27(32)36-5)22-14-16-25(21(4)18-22)37-20-38(34,35)23-12-10-9-11-13-23/h9-18H,6-8,19-20H2,1-5H3,(H,30,33). The Labute approximate surface area is 224 Å². The molecule has 1 amide bonds. The van der Waals surface area contributed by atoms with Crippen LogP contribution in [0, 0.1) is 6.92 Å². The lowest BCUT2D eigenvalue weighted by Crippen LogP contribution is -2.34. The van der Waals surface area contributed by atoms with Crippen LogP contribution in [-0.4, -0.2) is 44.5 Å². The number of nitrogens with zero attached hydrogens (tertiary/aromatic N) is 1. The Bertz CT molecular complexity index is 1380. The van der Waals surface area contributed by atoms with Crippen LogP contribution in [0.3, 0.4) is 0 Å². The van der Waals surface area contributed by atoms with Gasteiger partial charge in [-0.15, -0.1) is 0 Å². The SMILES string of the molecule is CCn1c(C(=O)NCC(=O)OC)ccc1C(CC)(CC)c1ccc(OCS(=O)(=O)c2ccccc2)c(C)c1. The summed E-state index contributed by atoms with van der Waals surface area (Å²) in [4.78, 5) is 24.6. The van der Waals surface area contributed by atoms with E-state index in [1.807, 2.05) is 42.7 Å². The third kappa shape index (κ3) is 5.93. The highest BCUT2D eigenvalue weighted by atomic mass is 32.2. The van der Waals surface area contributed by atoms with Crippen molar-refractivity contribution < 1.29 is 27.5 Å². The number of carbonyl (C=O) groups excluding carboxylic acids is 2. The molecule has 1 aromatic heterocycles. The van der Waals surface area contributed by atoms with E-state index in [1.165, 1.54) is 7.11 Å². The predicted molar refractivity (Wildman–Crippen MR) is 146 cm³/mol. The molecular formula is C29H36N2O6S. The lowest BCUT2D eigenvalue weighted by atomic mass is 9.72. The van der Waals surface area contributed by atoms with Crippen LogP contribution in [0.5, 0.6) is 5.75 Å². The van der Waals surface area contributed by atoms with Crippen LogP contribution >= 0.6 is 0 Å². The molecule has 3 rings (SSSR count). The highest BCUT2D eigenvalue weighted by Crippen LogP contribution is 2.41. The van der Waals surface area contributed by atoms with Crippen LogP contribution < -0.4 is 10.1 Å². The Morgan fingerprint density at radius 1 is 0.974 bits per heavy atom. The molecule has 2 aromatic carbocycles. The van der Waals surface area contributed by atoms with Gasteiger partial charge in [0.15, 0.2) is 5.94 Å². The van der Waals surface area contributed by atoms with Crippen molar-refractivity contribution in [2.24, 2.45) is 0 Å². The van der Waals surface area contributed by atoms with Gasteiger partial charge in [-0.25, -0.2) is 8.42 Å². The zero-order valence-electron chi connectivity index (χ0n) is 22.6. The average molecular weight is 541 g/mol. The van der Waals surface area contributed by atoms with Crippen molar-refractivity contribution in [2.45, 2.75) is 57.4 Å². The summed E-state index contributed by atoms with van der Waals surface area (Å²) in [6.07, 6.45) is 1.55. The molecule has 9 heteroatoms. The number of hydrogen-bond acceptors (Lipinski definition) is 6. The number of aryl methyl sites for hydroxylation is 1. The maximum absolute atomic E-state index is 12.8. The van der Waals surface area contributed by atoms with Gasteiger partial charge in [-0.05, 0) is 68.1 Å². The van der Waals surface area contributed by atoms with Crippen molar-refractivity contribution in [3.05, 3.63) is 83.2 Å². The third-order valence-electron chi connectivity index (χ3n) is 7.05. The zero-order chi connectivity index (χ0) is 27.9. The van der Waals surface area contributed by atoms with Gasteiger partial charge in [0.05, 0.1) is 12.0 Å². The molecule has 0 radical (unpaired) electrons. The molecule has 204 valence electrons. The second-order valence-electron chi connectivity index (χ2n) is 9.07. The summed E-state index contributed by atoms with van der Waals surface area (Å²) in [5.74, 6) is -0.807. The monoisotopic (exact) mass is 540 g/mol. The predicted octanol–water partition coefficient (Wildman–Crippen LogP) is 4.64. The van der Waals surface area contributed by atoms with E-state index in [4.69, 9.17) is 4.74 Å². The van der Waals surface area contributed by atoms with E-state index in [-0.39, 0.29) is 17.3 Å². The van der Waals surface area contributed by atoms with Gasteiger partial charge in [0.2, 0.25) is 9.84 Å². The average Bonchev–Trinajstić information content (AvgIpc) is 3.37. The minimum Gasteiger partial charge on any atom is -0.477 e. The van der Waals surface area contributed by atoms with Gasteiger partial charge >= 0.3 is 5.97 Å². The first-order chi connectivity index (χ1) is 18.1. The molecule has 8 nitrogen and oxygen atoms in total. The van der Waals surface area contributed by atoms with Gasteiger partial charge in [0.1, 0.15) is 18.0 Å². The molecule has 1 N–H and O–H groups in total. The Morgan fingerprint density at radius 2 is 1.66 bits per heavy atom. The Kier molecular flexibility index (Phi) is 9.38. The van der Waals surface area contributed by atoms with Crippen molar-refractivity contribution in [3.63, 3.8) is 0 Å². The lowest BCUT2D eigenvalue weighted by molar-refractivity contribution is -0.139. The molecule has 0 unspecified atom stereocenters. The number of ether oxygens (including phenoxy) is 2. The number of amides is 1. The summed E-state index contributed by atoms with van der Waals surface area (Å²) in [5, 5.41) is 2.62. The lowest BCUT2D eigenvalue weighted by Gasteiger charge is -2.34.